The molecule has 0 N–H and O–H groups in total. The van der Waals surface area contributed by atoms with E-state index in [9.17, 15) is 9.59 Å². The molecule has 2 heterocycles. The number of nitrogens with zero attached hydrogens (tertiary/aromatic N) is 2. The van der Waals surface area contributed by atoms with Crippen LogP contribution < -0.4 is 5.01 Å². The molecule has 2 bridgehead atoms. The molecule has 5 heteroatoms. The van der Waals surface area contributed by atoms with Gasteiger partial charge in [-0.2, -0.15) is 0 Å². The van der Waals surface area contributed by atoms with Crippen molar-refractivity contribution in [1.29, 1.82) is 0 Å². The highest BCUT2D eigenvalue weighted by molar-refractivity contribution is 7.10. The van der Waals surface area contributed by atoms with Crippen LogP contribution in [0, 0.1) is 16.7 Å². The highest BCUT2D eigenvalue weighted by atomic mass is 32.1. The van der Waals surface area contributed by atoms with Crippen molar-refractivity contribution < 1.29 is 9.59 Å². The first-order valence-corrected chi connectivity index (χ1v) is 10.6. The summed E-state index contributed by atoms with van der Waals surface area (Å²) in [5, 5.41) is 5.51. The molecule has 3 aliphatic rings. The van der Waals surface area contributed by atoms with Gasteiger partial charge in [0.05, 0.1) is 23.6 Å². The van der Waals surface area contributed by atoms with Gasteiger partial charge in [0.1, 0.15) is 0 Å². The van der Waals surface area contributed by atoms with E-state index in [-0.39, 0.29) is 23.3 Å². The van der Waals surface area contributed by atoms with Crippen molar-refractivity contribution in [3.8, 4) is 0 Å². The van der Waals surface area contributed by atoms with Crippen LogP contribution in [0.1, 0.15) is 38.0 Å². The lowest BCUT2D eigenvalue weighted by Gasteiger charge is -2.34. The maximum atomic E-state index is 13.8. The monoisotopic (exact) mass is 380 g/mol. The maximum absolute atomic E-state index is 13.8. The highest BCUT2D eigenvalue weighted by Gasteiger charge is 2.75. The molecule has 140 valence electrons. The minimum absolute atomic E-state index is 0.0218. The molecule has 1 spiro atoms. The SMILES string of the molecule is CC1(C)[C@@H]2CC[C@]13C(=O)N(c1ccccc1)N(C(=O)Cc1cccs1)[C@@H]3C2. The number of rotatable bonds is 3. The molecule has 1 aliphatic heterocycles. The van der Waals surface area contributed by atoms with Gasteiger partial charge >= 0.3 is 0 Å². The van der Waals surface area contributed by atoms with E-state index < -0.39 is 5.41 Å². The third-order valence-corrected chi connectivity index (χ3v) is 8.26. The summed E-state index contributed by atoms with van der Waals surface area (Å²) < 4.78 is 0. The molecular weight excluding hydrogens is 356 g/mol. The van der Waals surface area contributed by atoms with E-state index in [0.29, 0.717) is 12.3 Å². The van der Waals surface area contributed by atoms with Crippen molar-refractivity contribution >= 4 is 28.8 Å². The van der Waals surface area contributed by atoms with Crippen molar-refractivity contribution in [1.82, 2.24) is 5.01 Å². The standard InChI is InChI=1S/C22H24N2O2S/c1-21(2)15-10-11-22(21)18(13-15)24(19(25)14-17-9-6-12-27-17)23(20(22)26)16-7-4-3-5-8-16/h3-9,12,15,18H,10-11,13-14H2,1-2H3/t15-,18-,22+/m1/s1. The van der Waals surface area contributed by atoms with E-state index in [1.807, 2.05) is 52.9 Å². The fraction of sp³-hybridized carbons (Fsp3) is 0.455. The molecular formula is C22H24N2O2S. The zero-order valence-corrected chi connectivity index (χ0v) is 16.5. The summed E-state index contributed by atoms with van der Waals surface area (Å²) in [6.45, 7) is 4.47. The smallest absolute Gasteiger partial charge is 0.254 e. The van der Waals surface area contributed by atoms with Crippen LogP contribution >= 0.6 is 11.3 Å². The summed E-state index contributed by atoms with van der Waals surface area (Å²) in [5.41, 5.74) is 0.281. The molecule has 3 atom stereocenters. The van der Waals surface area contributed by atoms with E-state index in [4.69, 9.17) is 0 Å². The molecule has 27 heavy (non-hydrogen) atoms. The van der Waals surface area contributed by atoms with Crippen LogP contribution in [0.3, 0.4) is 0 Å². The number of thiophene rings is 1. The van der Waals surface area contributed by atoms with E-state index in [1.54, 1.807) is 16.3 Å². The Hall–Kier alpha value is -2.14. The maximum Gasteiger partial charge on any atom is 0.254 e. The van der Waals surface area contributed by atoms with Crippen molar-refractivity contribution in [2.75, 3.05) is 5.01 Å². The summed E-state index contributed by atoms with van der Waals surface area (Å²) in [4.78, 5) is 28.3. The number of para-hydroxylation sites is 1. The molecule has 2 amide bonds. The van der Waals surface area contributed by atoms with Crippen LogP contribution in [0.15, 0.2) is 47.8 Å². The Bertz CT molecular complexity index is 892. The van der Waals surface area contributed by atoms with Crippen molar-refractivity contribution in [3.05, 3.63) is 52.7 Å². The van der Waals surface area contributed by atoms with Gasteiger partial charge in [-0.05, 0) is 54.2 Å². The number of hydrazine groups is 1. The van der Waals surface area contributed by atoms with Crippen molar-refractivity contribution in [2.45, 2.75) is 45.6 Å². The number of hydrogen-bond donors (Lipinski definition) is 0. The minimum Gasteiger partial charge on any atom is -0.273 e. The second kappa shape index (κ2) is 5.68. The molecule has 0 unspecified atom stereocenters. The van der Waals surface area contributed by atoms with E-state index >= 15 is 0 Å². The van der Waals surface area contributed by atoms with Gasteiger partial charge in [-0.3, -0.25) is 9.59 Å². The predicted octanol–water partition coefficient (Wildman–Crippen LogP) is 4.28. The Labute approximate surface area is 163 Å². The van der Waals surface area contributed by atoms with E-state index in [1.165, 1.54) is 0 Å². The highest BCUT2D eigenvalue weighted by Crippen LogP contribution is 2.70. The molecule has 2 aliphatic carbocycles. The summed E-state index contributed by atoms with van der Waals surface area (Å²) in [6.07, 6.45) is 3.26. The molecule has 1 saturated heterocycles. The Kier molecular flexibility index (Phi) is 3.57. The summed E-state index contributed by atoms with van der Waals surface area (Å²) in [6, 6.07) is 13.6. The second-order valence-corrected chi connectivity index (χ2v) is 9.66. The Morgan fingerprint density at radius 1 is 1.19 bits per heavy atom. The normalized spacial score (nSPS) is 30.8. The van der Waals surface area contributed by atoms with E-state index in [2.05, 4.69) is 13.8 Å². The number of carbonyl (C=O) groups excluding carboxylic acids is 2. The van der Waals surface area contributed by atoms with Gasteiger partial charge in [0.2, 0.25) is 5.91 Å². The van der Waals surface area contributed by atoms with Crippen LogP contribution in [0.25, 0.3) is 0 Å². The van der Waals surface area contributed by atoms with Gasteiger partial charge in [-0.1, -0.05) is 38.1 Å². The van der Waals surface area contributed by atoms with Crippen LogP contribution in [-0.2, 0) is 16.0 Å². The van der Waals surface area contributed by atoms with Gasteiger partial charge in [0.15, 0.2) is 0 Å². The molecule has 2 saturated carbocycles. The summed E-state index contributed by atoms with van der Waals surface area (Å²) >= 11 is 1.60. The van der Waals surface area contributed by atoms with Gasteiger partial charge in [0.25, 0.3) is 5.91 Å². The average molecular weight is 381 g/mol. The molecule has 0 radical (unpaired) electrons. The van der Waals surface area contributed by atoms with Crippen molar-refractivity contribution in [2.24, 2.45) is 16.7 Å². The largest absolute Gasteiger partial charge is 0.273 e. The Balaban J connectivity index is 1.60. The molecule has 5 rings (SSSR count). The van der Waals surface area contributed by atoms with Gasteiger partial charge in [-0.15, -0.1) is 11.3 Å². The first-order valence-electron chi connectivity index (χ1n) is 9.71. The molecule has 4 nitrogen and oxygen atoms in total. The Morgan fingerprint density at radius 2 is 1.96 bits per heavy atom. The van der Waals surface area contributed by atoms with Gasteiger partial charge in [-0.25, -0.2) is 10.0 Å². The molecule has 1 aromatic carbocycles. The molecule has 1 aromatic heterocycles. The molecule has 2 aromatic rings. The number of fused-ring (bicyclic) bond motifs is 1. The lowest BCUT2D eigenvalue weighted by Crippen LogP contribution is -2.48. The number of carbonyl (C=O) groups is 2. The Morgan fingerprint density at radius 3 is 2.63 bits per heavy atom. The molecule has 3 fully saturated rings. The van der Waals surface area contributed by atoms with E-state index in [0.717, 1.165) is 29.8 Å². The number of amides is 2. The van der Waals surface area contributed by atoms with Gasteiger partial charge < -0.3 is 0 Å². The third kappa shape index (κ3) is 2.09. The lowest BCUT2D eigenvalue weighted by molar-refractivity contribution is -0.134. The minimum atomic E-state index is -0.446. The summed E-state index contributed by atoms with van der Waals surface area (Å²) in [5.74, 6) is 0.657. The topological polar surface area (TPSA) is 40.6 Å². The fourth-order valence-electron chi connectivity index (χ4n) is 5.93. The quantitative estimate of drug-likeness (QED) is 0.798. The lowest BCUT2D eigenvalue weighted by atomic mass is 9.67. The predicted molar refractivity (Wildman–Crippen MR) is 106 cm³/mol. The fourth-order valence-corrected chi connectivity index (χ4v) is 6.62. The van der Waals surface area contributed by atoms with Crippen molar-refractivity contribution in [3.63, 3.8) is 0 Å². The number of benzene rings is 1. The van der Waals surface area contributed by atoms with Crippen LogP contribution in [0.2, 0.25) is 0 Å². The van der Waals surface area contributed by atoms with Crippen LogP contribution in [-0.4, -0.2) is 22.9 Å². The number of anilines is 1. The van der Waals surface area contributed by atoms with Gasteiger partial charge in [0, 0.05) is 4.88 Å². The average Bonchev–Trinajstić information content (AvgIpc) is 3.37. The summed E-state index contributed by atoms with van der Waals surface area (Å²) in [7, 11) is 0. The first kappa shape index (κ1) is 17.0. The third-order valence-electron chi connectivity index (χ3n) is 7.38. The zero-order valence-electron chi connectivity index (χ0n) is 15.7. The van der Waals surface area contributed by atoms with Crippen LogP contribution in [0.4, 0.5) is 5.69 Å². The zero-order chi connectivity index (χ0) is 18.8. The number of hydrogen-bond acceptors (Lipinski definition) is 3. The first-order chi connectivity index (χ1) is 13.0. The second-order valence-electron chi connectivity index (χ2n) is 8.63. The van der Waals surface area contributed by atoms with Crippen LogP contribution in [0.5, 0.6) is 0 Å².